The number of nitriles is 1. The maximum Gasteiger partial charge on any atom is 0.335 e. The second-order valence-electron chi connectivity index (χ2n) is 6.56. The highest BCUT2D eigenvalue weighted by atomic mass is 79.9. The lowest BCUT2D eigenvalue weighted by Gasteiger charge is -2.20. The molecule has 0 aliphatic heterocycles. The number of benzene rings is 1. The Balaban J connectivity index is 1.93. The number of halogens is 1. The van der Waals surface area contributed by atoms with Crippen LogP contribution in [0.1, 0.15) is 54.4 Å². The highest BCUT2D eigenvalue weighted by Gasteiger charge is 2.17. The molecule has 0 amide bonds. The van der Waals surface area contributed by atoms with Crippen LogP contribution >= 0.6 is 15.9 Å². The van der Waals surface area contributed by atoms with Gasteiger partial charge in [0.25, 0.3) is 0 Å². The zero-order valence-electron chi connectivity index (χ0n) is 14.3. The second kappa shape index (κ2) is 8.33. The third kappa shape index (κ3) is 4.23. The highest BCUT2D eigenvalue weighted by molar-refractivity contribution is 9.10. The summed E-state index contributed by atoms with van der Waals surface area (Å²) in [7, 11) is 0. The van der Waals surface area contributed by atoms with E-state index in [4.69, 9.17) is 5.11 Å². The van der Waals surface area contributed by atoms with Gasteiger partial charge < -0.3 is 10.4 Å². The smallest absolute Gasteiger partial charge is 0.335 e. The Labute approximate surface area is 161 Å². The molecular weight excluding hydrogens is 394 g/mol. The van der Waals surface area contributed by atoms with Gasteiger partial charge in [-0.1, -0.05) is 25.7 Å². The molecule has 1 heterocycles. The summed E-state index contributed by atoms with van der Waals surface area (Å²) in [4.78, 5) is 15.4. The van der Waals surface area contributed by atoms with E-state index < -0.39 is 5.97 Å². The number of aromatic nitrogens is 1. The van der Waals surface area contributed by atoms with Crippen molar-refractivity contribution < 1.29 is 9.90 Å². The minimum atomic E-state index is -1.00. The molecular formula is C20H20BrN3O2. The summed E-state index contributed by atoms with van der Waals surface area (Å²) in [5.74, 6) is -1.00. The van der Waals surface area contributed by atoms with Gasteiger partial charge in [0, 0.05) is 22.3 Å². The van der Waals surface area contributed by atoms with Gasteiger partial charge >= 0.3 is 5.97 Å². The molecule has 2 N–H and O–H groups in total. The third-order valence-electron chi connectivity index (χ3n) is 4.72. The standard InChI is InChI=1S/C20H20BrN3O2/c21-17-10-14(18-11-13(20(25)26)7-8-23-18)9-15(12-22)19(17)24-16-5-3-1-2-4-6-16/h7-11,16,24H,1-6H2,(H,25,26). The largest absolute Gasteiger partial charge is 0.478 e. The molecule has 6 heteroatoms. The number of aromatic carboxylic acids is 1. The van der Waals surface area contributed by atoms with Gasteiger partial charge in [-0.3, -0.25) is 4.98 Å². The van der Waals surface area contributed by atoms with Crippen LogP contribution < -0.4 is 5.32 Å². The van der Waals surface area contributed by atoms with E-state index in [0.717, 1.165) is 23.0 Å². The van der Waals surface area contributed by atoms with Crippen LogP contribution in [-0.2, 0) is 0 Å². The van der Waals surface area contributed by atoms with Gasteiger partial charge in [0.15, 0.2) is 0 Å². The average molecular weight is 414 g/mol. The molecule has 5 nitrogen and oxygen atoms in total. The predicted octanol–water partition coefficient (Wildman–Crippen LogP) is 5.22. The van der Waals surface area contributed by atoms with Crippen molar-refractivity contribution in [1.29, 1.82) is 5.26 Å². The molecule has 3 rings (SSSR count). The Bertz CT molecular complexity index is 853. The zero-order valence-corrected chi connectivity index (χ0v) is 15.9. The molecule has 0 saturated heterocycles. The fraction of sp³-hybridized carbons (Fsp3) is 0.350. The predicted molar refractivity (Wildman–Crippen MR) is 104 cm³/mol. The number of hydrogen-bond donors (Lipinski definition) is 2. The number of anilines is 1. The van der Waals surface area contributed by atoms with Gasteiger partial charge in [0.05, 0.1) is 22.5 Å². The average Bonchev–Trinajstić information content (AvgIpc) is 2.92. The van der Waals surface area contributed by atoms with Gasteiger partial charge in [-0.15, -0.1) is 0 Å². The molecule has 134 valence electrons. The Hall–Kier alpha value is -2.39. The molecule has 1 saturated carbocycles. The molecule has 0 spiro atoms. The summed E-state index contributed by atoms with van der Waals surface area (Å²) in [6, 6.07) is 9.24. The molecule has 2 aromatic rings. The number of carbonyl (C=O) groups is 1. The third-order valence-corrected chi connectivity index (χ3v) is 5.34. The molecule has 1 aromatic heterocycles. The van der Waals surface area contributed by atoms with Gasteiger partial charge in [-0.05, 0) is 53.0 Å². The van der Waals surface area contributed by atoms with Crippen molar-refractivity contribution in [2.45, 2.75) is 44.6 Å². The quantitative estimate of drug-likeness (QED) is 0.671. The fourth-order valence-electron chi connectivity index (χ4n) is 3.34. The van der Waals surface area contributed by atoms with E-state index in [1.807, 2.05) is 6.07 Å². The van der Waals surface area contributed by atoms with E-state index in [1.165, 1.54) is 44.0 Å². The van der Waals surface area contributed by atoms with Crippen molar-refractivity contribution in [1.82, 2.24) is 4.98 Å². The Morgan fingerprint density at radius 1 is 1.23 bits per heavy atom. The summed E-state index contributed by atoms with van der Waals surface area (Å²) >= 11 is 3.57. The minimum absolute atomic E-state index is 0.172. The minimum Gasteiger partial charge on any atom is -0.478 e. The lowest BCUT2D eigenvalue weighted by Crippen LogP contribution is -2.19. The molecule has 0 bridgehead atoms. The number of nitrogens with one attached hydrogen (secondary N) is 1. The van der Waals surface area contributed by atoms with Crippen LogP contribution in [0.3, 0.4) is 0 Å². The van der Waals surface area contributed by atoms with Crippen LogP contribution in [0.15, 0.2) is 34.9 Å². The van der Waals surface area contributed by atoms with Crippen molar-refractivity contribution in [2.75, 3.05) is 5.32 Å². The van der Waals surface area contributed by atoms with Gasteiger partial charge in [-0.2, -0.15) is 5.26 Å². The Kier molecular flexibility index (Phi) is 5.89. The molecule has 0 unspecified atom stereocenters. The summed E-state index contributed by atoms with van der Waals surface area (Å²) in [6.45, 7) is 0. The lowest BCUT2D eigenvalue weighted by atomic mass is 10.0. The van der Waals surface area contributed by atoms with Crippen molar-refractivity contribution in [3.63, 3.8) is 0 Å². The highest BCUT2D eigenvalue weighted by Crippen LogP contribution is 2.34. The number of pyridine rings is 1. The monoisotopic (exact) mass is 413 g/mol. The van der Waals surface area contributed by atoms with Crippen molar-refractivity contribution in [3.8, 4) is 17.3 Å². The van der Waals surface area contributed by atoms with E-state index in [9.17, 15) is 10.1 Å². The fourth-order valence-corrected chi connectivity index (χ4v) is 3.91. The zero-order chi connectivity index (χ0) is 18.5. The summed E-state index contributed by atoms with van der Waals surface area (Å²) in [6.07, 6.45) is 8.66. The normalized spacial score (nSPS) is 15.1. The maximum absolute atomic E-state index is 11.2. The first-order valence-corrected chi connectivity index (χ1v) is 9.57. The lowest BCUT2D eigenvalue weighted by molar-refractivity contribution is 0.0697. The van der Waals surface area contributed by atoms with Crippen LogP contribution in [0, 0.1) is 11.3 Å². The first-order valence-electron chi connectivity index (χ1n) is 8.78. The maximum atomic E-state index is 11.2. The van der Waals surface area contributed by atoms with Crippen LogP contribution in [0.25, 0.3) is 11.3 Å². The first kappa shape index (κ1) is 18.4. The van der Waals surface area contributed by atoms with Crippen LogP contribution in [0.4, 0.5) is 5.69 Å². The summed E-state index contributed by atoms with van der Waals surface area (Å²) in [5.41, 5.74) is 2.75. The molecule has 1 fully saturated rings. The topological polar surface area (TPSA) is 86.0 Å². The van der Waals surface area contributed by atoms with E-state index in [1.54, 1.807) is 6.07 Å². The number of carboxylic acids is 1. The van der Waals surface area contributed by atoms with Crippen molar-refractivity contribution in [2.24, 2.45) is 0 Å². The molecule has 0 atom stereocenters. The van der Waals surface area contributed by atoms with Crippen LogP contribution in [-0.4, -0.2) is 22.1 Å². The van der Waals surface area contributed by atoms with E-state index in [0.29, 0.717) is 22.9 Å². The van der Waals surface area contributed by atoms with Crippen molar-refractivity contribution >= 4 is 27.6 Å². The van der Waals surface area contributed by atoms with Gasteiger partial charge in [0.2, 0.25) is 0 Å². The second-order valence-corrected chi connectivity index (χ2v) is 7.41. The van der Waals surface area contributed by atoms with Gasteiger partial charge in [-0.25, -0.2) is 4.79 Å². The molecule has 0 radical (unpaired) electrons. The molecule has 26 heavy (non-hydrogen) atoms. The Morgan fingerprint density at radius 2 is 1.96 bits per heavy atom. The van der Waals surface area contributed by atoms with Crippen molar-refractivity contribution in [3.05, 3.63) is 46.1 Å². The summed E-state index contributed by atoms with van der Waals surface area (Å²) < 4.78 is 0.790. The number of rotatable bonds is 4. The molecule has 1 aromatic carbocycles. The van der Waals surface area contributed by atoms with E-state index in [-0.39, 0.29) is 5.56 Å². The number of hydrogen-bond acceptors (Lipinski definition) is 4. The number of nitrogens with zero attached hydrogens (tertiary/aromatic N) is 2. The Morgan fingerprint density at radius 3 is 2.62 bits per heavy atom. The molecule has 1 aliphatic rings. The summed E-state index contributed by atoms with van der Waals surface area (Å²) in [5, 5.41) is 22.3. The van der Waals surface area contributed by atoms with Gasteiger partial charge in [0.1, 0.15) is 6.07 Å². The first-order chi connectivity index (χ1) is 12.6. The van der Waals surface area contributed by atoms with Crippen LogP contribution in [0.5, 0.6) is 0 Å². The molecule has 1 aliphatic carbocycles. The van der Waals surface area contributed by atoms with E-state index >= 15 is 0 Å². The number of carboxylic acid groups (broad SMARTS) is 1. The van der Waals surface area contributed by atoms with E-state index in [2.05, 4.69) is 32.3 Å². The van der Waals surface area contributed by atoms with Crippen LogP contribution in [0.2, 0.25) is 0 Å². The SMILES string of the molecule is N#Cc1cc(-c2cc(C(=O)O)ccn2)cc(Br)c1NC1CCCCCC1.